The molecule has 0 spiro atoms. The van der Waals surface area contributed by atoms with Crippen LogP contribution in [0.1, 0.15) is 28.9 Å². The normalized spacial score (nSPS) is 14.3. The summed E-state index contributed by atoms with van der Waals surface area (Å²) in [4.78, 5) is 27.0. The molecule has 4 rings (SSSR count). The van der Waals surface area contributed by atoms with Crippen molar-refractivity contribution in [2.24, 2.45) is 0 Å². The molecule has 30 heavy (non-hydrogen) atoms. The number of alkyl halides is 3. The maximum absolute atomic E-state index is 12.9. The second-order valence-electron chi connectivity index (χ2n) is 7.15. The van der Waals surface area contributed by atoms with Crippen molar-refractivity contribution in [1.29, 1.82) is 0 Å². The predicted octanol–water partition coefficient (Wildman–Crippen LogP) is 3.93. The fourth-order valence-electron chi connectivity index (χ4n) is 3.59. The maximum Gasteiger partial charge on any atom is 0.416 e. The Labute approximate surface area is 170 Å². The van der Waals surface area contributed by atoms with Crippen molar-refractivity contribution in [2.45, 2.75) is 25.6 Å². The zero-order chi connectivity index (χ0) is 21.3. The number of carbonyl (C=O) groups excluding carboxylic acids is 2. The molecule has 2 aromatic carbocycles. The van der Waals surface area contributed by atoms with E-state index in [0.29, 0.717) is 24.0 Å². The summed E-state index contributed by atoms with van der Waals surface area (Å²) in [6, 6.07) is 11.5. The summed E-state index contributed by atoms with van der Waals surface area (Å²) in [6.07, 6.45) is -2.60. The molecule has 156 valence electrons. The molecule has 1 aromatic heterocycles. The zero-order valence-corrected chi connectivity index (χ0v) is 15.9. The third-order valence-electron chi connectivity index (χ3n) is 5.02. The molecule has 2 heterocycles. The quantitative estimate of drug-likeness (QED) is 0.701. The third kappa shape index (κ3) is 4.00. The molecule has 1 saturated heterocycles. The first-order valence-electron chi connectivity index (χ1n) is 9.55. The van der Waals surface area contributed by atoms with Crippen LogP contribution in [0.25, 0.3) is 10.9 Å². The smallest absolute Gasteiger partial charge is 0.337 e. The topological polar surface area (TPSA) is 67.2 Å². The molecule has 0 bridgehead atoms. The number of rotatable bonds is 4. The molecule has 3 aromatic rings. The minimum absolute atomic E-state index is 0.0413. The molecular formula is C21H19F3N4O2. The molecule has 1 N–H and O–H groups in total. The van der Waals surface area contributed by atoms with E-state index in [2.05, 4.69) is 10.4 Å². The Kier molecular flexibility index (Phi) is 5.19. The molecule has 1 aliphatic rings. The molecule has 1 aliphatic heterocycles. The number of aromatic nitrogens is 2. The molecule has 9 heteroatoms. The summed E-state index contributed by atoms with van der Waals surface area (Å²) in [6.45, 7) is 1.12. The van der Waals surface area contributed by atoms with Crippen LogP contribution >= 0.6 is 0 Å². The Morgan fingerprint density at radius 3 is 2.50 bits per heavy atom. The summed E-state index contributed by atoms with van der Waals surface area (Å²) in [5.41, 5.74) is 0.0848. The van der Waals surface area contributed by atoms with Crippen LogP contribution in [-0.4, -0.2) is 39.6 Å². The van der Waals surface area contributed by atoms with E-state index in [1.807, 2.05) is 0 Å². The van der Waals surface area contributed by atoms with Gasteiger partial charge >= 0.3 is 6.18 Å². The van der Waals surface area contributed by atoms with Crippen molar-refractivity contribution in [3.8, 4) is 0 Å². The lowest BCUT2D eigenvalue weighted by Gasteiger charge is -2.13. The van der Waals surface area contributed by atoms with Gasteiger partial charge in [0.2, 0.25) is 5.91 Å². The predicted molar refractivity (Wildman–Crippen MR) is 105 cm³/mol. The van der Waals surface area contributed by atoms with Gasteiger partial charge in [-0.1, -0.05) is 24.3 Å². The molecule has 0 radical (unpaired) electrons. The largest absolute Gasteiger partial charge is 0.416 e. The molecule has 1 fully saturated rings. The van der Waals surface area contributed by atoms with Crippen LogP contribution in [0.15, 0.2) is 48.5 Å². The van der Waals surface area contributed by atoms with Gasteiger partial charge in [0.15, 0.2) is 5.69 Å². The fraction of sp³-hybridized carbons (Fsp3) is 0.286. The number of carbonyl (C=O) groups is 2. The lowest BCUT2D eigenvalue weighted by Crippen LogP contribution is -2.28. The molecule has 0 aliphatic carbocycles. The number of likely N-dealkylation sites (tertiary alicyclic amines) is 1. The van der Waals surface area contributed by atoms with Gasteiger partial charge in [-0.3, -0.25) is 14.3 Å². The maximum atomic E-state index is 12.9. The number of benzene rings is 2. The Morgan fingerprint density at radius 1 is 1.03 bits per heavy atom. The Morgan fingerprint density at radius 2 is 1.77 bits per heavy atom. The molecule has 6 nitrogen and oxygen atoms in total. The summed E-state index contributed by atoms with van der Waals surface area (Å²) >= 11 is 0. The van der Waals surface area contributed by atoms with Crippen molar-refractivity contribution in [1.82, 2.24) is 14.7 Å². The van der Waals surface area contributed by atoms with Gasteiger partial charge in [-0.15, -0.1) is 0 Å². The van der Waals surface area contributed by atoms with Gasteiger partial charge in [0.05, 0.1) is 11.1 Å². The van der Waals surface area contributed by atoms with Crippen LogP contribution in [-0.2, 0) is 17.5 Å². The highest BCUT2D eigenvalue weighted by Gasteiger charge is 2.30. The lowest BCUT2D eigenvalue weighted by atomic mass is 10.2. The summed E-state index contributed by atoms with van der Waals surface area (Å²) in [5, 5.41) is 7.46. The number of fused-ring (bicyclic) bond motifs is 1. The van der Waals surface area contributed by atoms with Crippen LogP contribution in [0.5, 0.6) is 0 Å². The van der Waals surface area contributed by atoms with Gasteiger partial charge in [0.25, 0.3) is 5.91 Å². The van der Waals surface area contributed by atoms with E-state index in [-0.39, 0.29) is 23.8 Å². The standard InChI is InChI=1S/C21H19F3N4O2/c22-21(23,24)14-6-5-7-15(12-14)25-18(29)13-28-17-9-2-1-8-16(17)19(26-28)20(30)27-10-3-4-11-27/h1-2,5-9,12H,3-4,10-11,13H2,(H,25,29). The van der Waals surface area contributed by atoms with Crippen molar-refractivity contribution < 1.29 is 22.8 Å². The molecule has 2 amide bonds. The SMILES string of the molecule is O=C(Cn1nc(C(=O)N2CCCC2)c2ccccc21)Nc1cccc(C(F)(F)F)c1. The van der Waals surface area contributed by atoms with Crippen LogP contribution in [0.2, 0.25) is 0 Å². The number of hydrogen-bond donors (Lipinski definition) is 1. The van der Waals surface area contributed by atoms with Crippen molar-refractivity contribution in [3.63, 3.8) is 0 Å². The van der Waals surface area contributed by atoms with E-state index in [1.165, 1.54) is 16.8 Å². The molecule has 0 saturated carbocycles. The number of para-hydroxylation sites is 1. The average molecular weight is 416 g/mol. The van der Waals surface area contributed by atoms with E-state index in [9.17, 15) is 22.8 Å². The van der Waals surface area contributed by atoms with E-state index < -0.39 is 17.6 Å². The van der Waals surface area contributed by atoms with Crippen molar-refractivity contribution >= 4 is 28.4 Å². The highest BCUT2D eigenvalue weighted by atomic mass is 19.4. The second kappa shape index (κ2) is 7.81. The number of nitrogens with one attached hydrogen (secondary N) is 1. The fourth-order valence-corrected chi connectivity index (χ4v) is 3.59. The van der Waals surface area contributed by atoms with Gasteiger partial charge in [0, 0.05) is 24.2 Å². The van der Waals surface area contributed by atoms with Gasteiger partial charge in [-0.2, -0.15) is 18.3 Å². The van der Waals surface area contributed by atoms with E-state index in [1.54, 1.807) is 29.2 Å². The van der Waals surface area contributed by atoms with E-state index >= 15 is 0 Å². The highest BCUT2D eigenvalue weighted by molar-refractivity contribution is 6.05. The minimum atomic E-state index is -4.50. The lowest BCUT2D eigenvalue weighted by molar-refractivity contribution is -0.137. The van der Waals surface area contributed by atoms with Gasteiger partial charge in [-0.05, 0) is 37.1 Å². The third-order valence-corrected chi connectivity index (χ3v) is 5.02. The molecular weight excluding hydrogens is 397 g/mol. The zero-order valence-electron chi connectivity index (χ0n) is 15.9. The average Bonchev–Trinajstić information content (AvgIpc) is 3.36. The Hall–Kier alpha value is -3.36. The van der Waals surface area contributed by atoms with E-state index in [4.69, 9.17) is 0 Å². The van der Waals surface area contributed by atoms with Crippen molar-refractivity contribution in [3.05, 3.63) is 59.8 Å². The van der Waals surface area contributed by atoms with Crippen LogP contribution in [0, 0.1) is 0 Å². The van der Waals surface area contributed by atoms with Crippen LogP contribution < -0.4 is 5.32 Å². The van der Waals surface area contributed by atoms with Crippen LogP contribution in [0.4, 0.5) is 18.9 Å². The van der Waals surface area contributed by atoms with E-state index in [0.717, 1.165) is 25.0 Å². The Balaban J connectivity index is 1.57. The van der Waals surface area contributed by atoms with Crippen molar-refractivity contribution in [2.75, 3.05) is 18.4 Å². The number of hydrogen-bond acceptors (Lipinski definition) is 3. The first-order chi connectivity index (χ1) is 14.3. The minimum Gasteiger partial charge on any atom is -0.337 e. The van der Waals surface area contributed by atoms with Gasteiger partial charge < -0.3 is 10.2 Å². The summed E-state index contributed by atoms with van der Waals surface area (Å²) in [5.74, 6) is -0.719. The molecule has 0 unspecified atom stereocenters. The first kappa shape index (κ1) is 19.9. The first-order valence-corrected chi connectivity index (χ1v) is 9.55. The number of nitrogens with zero attached hydrogens (tertiary/aromatic N) is 3. The summed E-state index contributed by atoms with van der Waals surface area (Å²) in [7, 11) is 0. The number of amides is 2. The number of halogens is 3. The van der Waals surface area contributed by atoms with Gasteiger partial charge in [-0.25, -0.2) is 0 Å². The molecule has 0 atom stereocenters. The summed E-state index contributed by atoms with van der Waals surface area (Å²) < 4.78 is 40.0. The monoisotopic (exact) mass is 416 g/mol. The van der Waals surface area contributed by atoms with Gasteiger partial charge in [0.1, 0.15) is 6.54 Å². The Bertz CT molecular complexity index is 1100. The number of anilines is 1. The van der Waals surface area contributed by atoms with Crippen LogP contribution in [0.3, 0.4) is 0 Å². The second-order valence-corrected chi connectivity index (χ2v) is 7.15. The highest BCUT2D eigenvalue weighted by Crippen LogP contribution is 2.30.